The number of fused-ring (bicyclic) bond motifs is 1. The molecule has 4 aromatic rings. The van der Waals surface area contributed by atoms with Crippen LogP contribution >= 0.6 is 0 Å². The van der Waals surface area contributed by atoms with Gasteiger partial charge < -0.3 is 34.4 Å². The lowest BCUT2D eigenvalue weighted by Crippen LogP contribution is -1.97. The molecule has 0 aliphatic rings. The minimum Gasteiger partial charge on any atom is -0.504 e. The molecule has 0 unspecified atom stereocenters. The third kappa shape index (κ3) is 5.38. The molecule has 0 saturated heterocycles. The van der Waals surface area contributed by atoms with Crippen molar-refractivity contribution in [1.82, 2.24) is 4.98 Å². The fraction of sp³-hybridized carbons (Fsp3) is 0.138. The monoisotopic (exact) mass is 500 g/mol. The number of hydrogen-bond donors (Lipinski definition) is 3. The van der Waals surface area contributed by atoms with Crippen LogP contribution in [0.25, 0.3) is 23.1 Å². The predicted octanol–water partition coefficient (Wildman–Crippen LogP) is 5.89. The van der Waals surface area contributed by atoms with Crippen molar-refractivity contribution in [2.24, 2.45) is 0 Å². The molecule has 0 bridgehead atoms. The molecule has 1 aromatic heterocycles. The number of methoxy groups -OCH3 is 4. The van der Waals surface area contributed by atoms with Gasteiger partial charge in [0.15, 0.2) is 28.8 Å². The van der Waals surface area contributed by atoms with Crippen LogP contribution in [0.2, 0.25) is 0 Å². The Hall–Kier alpha value is -4.85. The van der Waals surface area contributed by atoms with Gasteiger partial charge in [0.1, 0.15) is 0 Å². The van der Waals surface area contributed by atoms with Crippen LogP contribution in [0, 0.1) is 0 Å². The second-order valence-electron chi connectivity index (χ2n) is 7.99. The zero-order valence-corrected chi connectivity index (χ0v) is 21.0. The van der Waals surface area contributed by atoms with Crippen molar-refractivity contribution < 1.29 is 28.8 Å². The molecule has 0 spiro atoms. The number of phenols is 1. The third-order valence-corrected chi connectivity index (χ3v) is 5.82. The number of hydrogen-bond acceptors (Lipinski definition) is 7. The van der Waals surface area contributed by atoms with Gasteiger partial charge in [0.25, 0.3) is 0 Å². The number of H-pyrrole nitrogens is 1. The van der Waals surface area contributed by atoms with Gasteiger partial charge in [0.05, 0.1) is 28.4 Å². The lowest BCUT2D eigenvalue weighted by Gasteiger charge is -2.13. The Morgan fingerprint density at radius 1 is 0.892 bits per heavy atom. The summed E-state index contributed by atoms with van der Waals surface area (Å²) in [5, 5.41) is 14.4. The average molecular weight is 501 g/mol. The van der Waals surface area contributed by atoms with Gasteiger partial charge in [-0.15, -0.1) is 0 Å². The van der Waals surface area contributed by atoms with E-state index in [-0.39, 0.29) is 11.5 Å². The molecule has 3 N–H and O–H groups in total. The molecule has 0 fully saturated rings. The zero-order valence-electron chi connectivity index (χ0n) is 21.0. The lowest BCUT2D eigenvalue weighted by atomic mass is 10.1. The molecule has 37 heavy (non-hydrogen) atoms. The van der Waals surface area contributed by atoms with Gasteiger partial charge in [0, 0.05) is 52.3 Å². The van der Waals surface area contributed by atoms with Gasteiger partial charge in [-0.1, -0.05) is 30.4 Å². The SMILES string of the molecule is COc1cc(N/C=C\C(=O)c2c[nH]c3ccccc23)c(/C=C/c2cc(OC)c(OC)c(OC)c2)cc1O. The van der Waals surface area contributed by atoms with Gasteiger partial charge in [-0.05, 0) is 29.8 Å². The maximum absolute atomic E-state index is 12.8. The second-order valence-corrected chi connectivity index (χ2v) is 7.99. The number of ketones is 1. The Kier molecular flexibility index (Phi) is 7.68. The molecule has 0 aliphatic heterocycles. The quantitative estimate of drug-likeness (QED) is 0.108. The zero-order chi connectivity index (χ0) is 26.4. The first-order chi connectivity index (χ1) is 18.0. The summed E-state index contributed by atoms with van der Waals surface area (Å²) in [7, 11) is 6.13. The van der Waals surface area contributed by atoms with Crippen LogP contribution < -0.4 is 24.3 Å². The molecule has 0 radical (unpaired) electrons. The summed E-state index contributed by atoms with van der Waals surface area (Å²) < 4.78 is 21.5. The molecule has 8 nitrogen and oxygen atoms in total. The summed E-state index contributed by atoms with van der Waals surface area (Å²) in [6, 6.07) is 14.5. The number of aromatic nitrogens is 1. The highest BCUT2D eigenvalue weighted by Gasteiger charge is 2.13. The Labute approximate surface area is 214 Å². The Balaban J connectivity index is 1.62. The van der Waals surface area contributed by atoms with Crippen LogP contribution in [0.1, 0.15) is 21.5 Å². The second kappa shape index (κ2) is 11.3. The van der Waals surface area contributed by atoms with Crippen molar-refractivity contribution in [3.8, 4) is 28.7 Å². The van der Waals surface area contributed by atoms with E-state index in [1.165, 1.54) is 13.2 Å². The van der Waals surface area contributed by atoms with Crippen LogP contribution in [0.15, 0.2) is 67.0 Å². The number of phenolic OH excluding ortho intramolecular Hbond substituents is 1. The number of ether oxygens (including phenoxy) is 4. The Bertz CT molecular complexity index is 1460. The van der Waals surface area contributed by atoms with E-state index in [9.17, 15) is 9.90 Å². The van der Waals surface area contributed by atoms with Gasteiger partial charge in [-0.2, -0.15) is 0 Å². The number of nitrogens with one attached hydrogen (secondary N) is 2. The van der Waals surface area contributed by atoms with Crippen LogP contribution in [0.4, 0.5) is 5.69 Å². The highest BCUT2D eigenvalue weighted by atomic mass is 16.5. The normalized spacial score (nSPS) is 11.2. The maximum Gasteiger partial charge on any atom is 0.203 e. The van der Waals surface area contributed by atoms with Gasteiger partial charge in [-0.25, -0.2) is 0 Å². The van der Waals surface area contributed by atoms with Crippen LogP contribution in [-0.4, -0.2) is 44.3 Å². The minimum atomic E-state index is -0.148. The van der Waals surface area contributed by atoms with Crippen LogP contribution in [0.3, 0.4) is 0 Å². The molecular formula is C29H28N2O6. The van der Waals surface area contributed by atoms with Crippen molar-refractivity contribution in [1.29, 1.82) is 0 Å². The number of anilines is 1. The lowest BCUT2D eigenvalue weighted by molar-refractivity contribution is 0.104. The van der Waals surface area contributed by atoms with Crippen LogP contribution in [0.5, 0.6) is 28.7 Å². The number of carbonyl (C=O) groups excluding carboxylic acids is 1. The number of benzene rings is 3. The highest BCUT2D eigenvalue weighted by molar-refractivity contribution is 6.13. The number of allylic oxidation sites excluding steroid dienone is 1. The molecule has 0 atom stereocenters. The molecule has 8 heteroatoms. The van der Waals surface area contributed by atoms with Crippen molar-refractivity contribution in [2.75, 3.05) is 33.8 Å². The van der Waals surface area contributed by atoms with E-state index in [0.29, 0.717) is 39.8 Å². The third-order valence-electron chi connectivity index (χ3n) is 5.82. The van der Waals surface area contributed by atoms with Crippen molar-refractivity contribution in [3.63, 3.8) is 0 Å². The molecule has 3 aromatic carbocycles. The molecule has 1 heterocycles. The summed E-state index contributed by atoms with van der Waals surface area (Å²) in [5.41, 5.74) is 3.56. The molecule has 0 saturated carbocycles. The van der Waals surface area contributed by atoms with E-state index in [4.69, 9.17) is 18.9 Å². The Morgan fingerprint density at radius 3 is 2.27 bits per heavy atom. The summed E-state index contributed by atoms with van der Waals surface area (Å²) in [6.07, 6.45) is 8.38. The number of aromatic hydroxyl groups is 1. The van der Waals surface area contributed by atoms with Gasteiger partial charge in [0.2, 0.25) is 5.75 Å². The van der Waals surface area contributed by atoms with Gasteiger partial charge in [-0.3, -0.25) is 4.79 Å². The van der Waals surface area contributed by atoms with Crippen molar-refractivity contribution in [3.05, 3.63) is 83.7 Å². The first-order valence-electron chi connectivity index (χ1n) is 11.4. The summed E-state index contributed by atoms with van der Waals surface area (Å²) in [6.45, 7) is 0. The molecular weight excluding hydrogens is 472 g/mol. The first kappa shape index (κ1) is 25.2. The summed E-state index contributed by atoms with van der Waals surface area (Å²) in [4.78, 5) is 15.9. The van der Waals surface area contributed by atoms with E-state index < -0.39 is 0 Å². The van der Waals surface area contributed by atoms with Gasteiger partial charge >= 0.3 is 0 Å². The smallest absolute Gasteiger partial charge is 0.203 e. The number of aromatic amines is 1. The van der Waals surface area contributed by atoms with E-state index in [1.54, 1.807) is 45.9 Å². The molecule has 0 amide bonds. The van der Waals surface area contributed by atoms with Crippen molar-refractivity contribution >= 4 is 34.5 Å². The molecule has 0 aliphatic carbocycles. The molecule has 4 rings (SSSR count). The predicted molar refractivity (Wildman–Crippen MR) is 145 cm³/mol. The number of para-hydroxylation sites is 1. The number of rotatable bonds is 10. The van der Waals surface area contributed by atoms with E-state index in [2.05, 4.69) is 10.3 Å². The topological polar surface area (TPSA) is 102 Å². The summed E-state index contributed by atoms with van der Waals surface area (Å²) in [5.74, 6) is 1.68. The van der Waals surface area contributed by atoms with Crippen molar-refractivity contribution in [2.45, 2.75) is 0 Å². The van der Waals surface area contributed by atoms with E-state index >= 15 is 0 Å². The minimum absolute atomic E-state index is 0.0172. The highest BCUT2D eigenvalue weighted by Crippen LogP contribution is 2.39. The first-order valence-corrected chi connectivity index (χ1v) is 11.4. The van der Waals surface area contributed by atoms with E-state index in [0.717, 1.165) is 16.5 Å². The maximum atomic E-state index is 12.8. The Morgan fingerprint density at radius 2 is 1.59 bits per heavy atom. The fourth-order valence-electron chi connectivity index (χ4n) is 3.97. The fourth-order valence-corrected chi connectivity index (χ4v) is 3.97. The standard InChI is InChI=1S/C29H28N2O6/c1-34-26-16-23(30-12-11-24(32)21-17-31-22-8-6-5-7-20(21)22)19(15-25(26)33)10-9-18-13-27(35-2)29(37-4)28(14-18)36-3/h5-17,30-31,33H,1-4H3/b10-9+,12-11-. The number of carbonyl (C=O) groups is 1. The largest absolute Gasteiger partial charge is 0.504 e. The molecule has 190 valence electrons. The average Bonchev–Trinajstić information content (AvgIpc) is 3.36. The van der Waals surface area contributed by atoms with E-state index in [1.807, 2.05) is 48.6 Å². The van der Waals surface area contributed by atoms with Crippen LogP contribution in [-0.2, 0) is 0 Å². The summed E-state index contributed by atoms with van der Waals surface area (Å²) >= 11 is 0.